The molecule has 2 aromatic carbocycles. The smallest absolute Gasteiger partial charge is 0.312 e. The molecular formula is C33H40N2O6. The molecule has 3 heterocycles. The van der Waals surface area contributed by atoms with Crippen LogP contribution in [0.2, 0.25) is 0 Å². The summed E-state index contributed by atoms with van der Waals surface area (Å²) in [6.07, 6.45) is 6.71. The SMILES string of the molecule is C=CCCCOC(=O)[C@@H]1[C@H]2C(=O)N(CCCO)C(C(=O)N(CC=C)c3ccc4ccccc4c3)C23CC[C@@]1(CC)O3. The van der Waals surface area contributed by atoms with Crippen LogP contribution in [0.15, 0.2) is 67.8 Å². The first-order valence-electron chi connectivity index (χ1n) is 14.7. The Labute approximate surface area is 241 Å². The van der Waals surface area contributed by atoms with Crippen molar-refractivity contribution < 1.29 is 29.0 Å². The van der Waals surface area contributed by atoms with E-state index in [1.807, 2.05) is 49.4 Å². The van der Waals surface area contributed by atoms with Crippen LogP contribution in [-0.2, 0) is 23.9 Å². The average molecular weight is 561 g/mol. The average Bonchev–Trinajstić information content (AvgIpc) is 3.59. The summed E-state index contributed by atoms with van der Waals surface area (Å²) < 4.78 is 12.5. The van der Waals surface area contributed by atoms with Gasteiger partial charge in [-0.1, -0.05) is 49.4 Å². The van der Waals surface area contributed by atoms with Crippen molar-refractivity contribution in [2.24, 2.45) is 11.8 Å². The number of carbonyl (C=O) groups excluding carboxylic acids is 3. The Bertz CT molecular complexity index is 1340. The van der Waals surface area contributed by atoms with Gasteiger partial charge in [-0.05, 0) is 61.4 Å². The number of aliphatic hydroxyl groups is 1. The van der Waals surface area contributed by atoms with E-state index >= 15 is 0 Å². The highest BCUT2D eigenvalue weighted by molar-refractivity contribution is 6.05. The summed E-state index contributed by atoms with van der Waals surface area (Å²) in [5, 5.41) is 11.7. The maximum atomic E-state index is 14.6. The van der Waals surface area contributed by atoms with Gasteiger partial charge in [0.15, 0.2) is 0 Å². The van der Waals surface area contributed by atoms with E-state index in [-0.39, 0.29) is 38.1 Å². The maximum absolute atomic E-state index is 14.6. The Morgan fingerprint density at radius 1 is 1.15 bits per heavy atom. The summed E-state index contributed by atoms with van der Waals surface area (Å²) in [4.78, 5) is 45.6. The summed E-state index contributed by atoms with van der Waals surface area (Å²) in [6.45, 7) is 10.1. The maximum Gasteiger partial charge on any atom is 0.312 e. The number of esters is 1. The van der Waals surface area contributed by atoms with Crippen molar-refractivity contribution in [2.75, 3.05) is 31.2 Å². The second-order valence-corrected chi connectivity index (χ2v) is 11.3. The van der Waals surface area contributed by atoms with Crippen LogP contribution in [0.5, 0.6) is 0 Å². The third kappa shape index (κ3) is 4.77. The zero-order valence-electron chi connectivity index (χ0n) is 23.8. The highest BCUT2D eigenvalue weighted by Crippen LogP contribution is 2.64. The van der Waals surface area contributed by atoms with Crippen LogP contribution >= 0.6 is 0 Å². The monoisotopic (exact) mass is 560 g/mol. The fraction of sp³-hybridized carbons (Fsp3) is 0.485. The van der Waals surface area contributed by atoms with Gasteiger partial charge in [-0.3, -0.25) is 14.4 Å². The van der Waals surface area contributed by atoms with Crippen molar-refractivity contribution >= 4 is 34.2 Å². The fourth-order valence-electron chi connectivity index (χ4n) is 7.27. The molecule has 2 bridgehead atoms. The number of rotatable bonds is 13. The van der Waals surface area contributed by atoms with Crippen molar-refractivity contribution in [2.45, 2.75) is 62.7 Å². The third-order valence-electron chi connectivity index (χ3n) is 9.15. The summed E-state index contributed by atoms with van der Waals surface area (Å²) in [5.41, 5.74) is -1.32. The molecule has 0 radical (unpaired) electrons. The number of allylic oxidation sites excluding steroid dienone is 1. The molecule has 3 saturated heterocycles. The Kier molecular flexibility index (Phi) is 8.34. The lowest BCUT2D eigenvalue weighted by Gasteiger charge is -2.37. The van der Waals surface area contributed by atoms with Gasteiger partial charge in [0.25, 0.3) is 5.91 Å². The third-order valence-corrected chi connectivity index (χ3v) is 9.15. The summed E-state index contributed by atoms with van der Waals surface area (Å²) in [5.74, 6) is -2.61. The van der Waals surface area contributed by atoms with Crippen LogP contribution in [0.25, 0.3) is 10.8 Å². The van der Waals surface area contributed by atoms with Crippen LogP contribution in [0.4, 0.5) is 5.69 Å². The zero-order valence-corrected chi connectivity index (χ0v) is 23.8. The van der Waals surface area contributed by atoms with Crippen LogP contribution in [-0.4, -0.2) is 71.3 Å². The van der Waals surface area contributed by atoms with Gasteiger partial charge in [0.05, 0.1) is 18.1 Å². The second-order valence-electron chi connectivity index (χ2n) is 11.3. The molecule has 2 aromatic rings. The molecular weight excluding hydrogens is 520 g/mol. The molecule has 0 aromatic heterocycles. The van der Waals surface area contributed by atoms with Gasteiger partial charge in [-0.25, -0.2) is 0 Å². The molecule has 1 N–H and O–H groups in total. The fourth-order valence-corrected chi connectivity index (χ4v) is 7.27. The molecule has 1 spiro atoms. The largest absolute Gasteiger partial charge is 0.465 e. The van der Waals surface area contributed by atoms with Gasteiger partial charge in [0.1, 0.15) is 17.6 Å². The summed E-state index contributed by atoms with van der Waals surface area (Å²) >= 11 is 0. The Hall–Kier alpha value is -3.49. The number of ether oxygens (including phenoxy) is 2. The van der Waals surface area contributed by atoms with Crippen molar-refractivity contribution in [1.82, 2.24) is 4.90 Å². The molecule has 2 unspecified atom stereocenters. The number of hydrogen-bond donors (Lipinski definition) is 1. The van der Waals surface area contributed by atoms with E-state index in [2.05, 4.69) is 13.2 Å². The molecule has 0 aliphatic carbocycles. The van der Waals surface area contributed by atoms with Crippen LogP contribution in [0.3, 0.4) is 0 Å². The number of nitrogens with zero attached hydrogens (tertiary/aromatic N) is 2. The van der Waals surface area contributed by atoms with E-state index in [1.54, 1.807) is 22.0 Å². The van der Waals surface area contributed by atoms with E-state index in [9.17, 15) is 19.5 Å². The Balaban J connectivity index is 1.54. The zero-order chi connectivity index (χ0) is 29.2. The van der Waals surface area contributed by atoms with Gasteiger partial charge in [-0.15, -0.1) is 13.2 Å². The number of anilines is 1. The van der Waals surface area contributed by atoms with E-state index in [0.29, 0.717) is 37.8 Å². The normalized spacial score (nSPS) is 28.1. The van der Waals surface area contributed by atoms with Gasteiger partial charge in [0.2, 0.25) is 5.91 Å². The quantitative estimate of drug-likeness (QED) is 0.222. The van der Waals surface area contributed by atoms with Crippen LogP contribution in [0, 0.1) is 11.8 Å². The van der Waals surface area contributed by atoms with E-state index in [4.69, 9.17) is 9.47 Å². The van der Waals surface area contributed by atoms with Crippen LogP contribution in [0.1, 0.15) is 45.4 Å². The molecule has 41 heavy (non-hydrogen) atoms. The van der Waals surface area contributed by atoms with E-state index in [0.717, 1.165) is 17.2 Å². The molecule has 5 rings (SSSR count). The van der Waals surface area contributed by atoms with E-state index in [1.165, 1.54) is 0 Å². The minimum absolute atomic E-state index is 0.127. The van der Waals surface area contributed by atoms with Gasteiger partial charge in [-0.2, -0.15) is 0 Å². The number of fused-ring (bicyclic) bond motifs is 2. The first-order valence-corrected chi connectivity index (χ1v) is 14.7. The first kappa shape index (κ1) is 29.0. The topological polar surface area (TPSA) is 96.4 Å². The number of benzene rings is 2. The number of likely N-dealkylation sites (tertiary alicyclic amines) is 1. The predicted octanol–water partition coefficient (Wildman–Crippen LogP) is 4.41. The minimum Gasteiger partial charge on any atom is -0.465 e. The molecule has 3 aliphatic rings. The Morgan fingerprint density at radius 3 is 2.63 bits per heavy atom. The van der Waals surface area contributed by atoms with Crippen molar-refractivity contribution in [3.63, 3.8) is 0 Å². The second kappa shape index (κ2) is 11.8. The molecule has 0 saturated carbocycles. The molecule has 3 aliphatic heterocycles. The molecule has 3 fully saturated rings. The van der Waals surface area contributed by atoms with Gasteiger partial charge >= 0.3 is 5.97 Å². The molecule has 5 atom stereocenters. The lowest BCUT2D eigenvalue weighted by molar-refractivity contribution is -0.161. The van der Waals surface area contributed by atoms with Gasteiger partial charge < -0.3 is 24.4 Å². The number of amides is 2. The lowest BCUT2D eigenvalue weighted by Crippen LogP contribution is -2.56. The summed E-state index contributed by atoms with van der Waals surface area (Å²) in [6, 6.07) is 12.8. The van der Waals surface area contributed by atoms with Crippen molar-refractivity contribution in [1.29, 1.82) is 0 Å². The summed E-state index contributed by atoms with van der Waals surface area (Å²) in [7, 11) is 0. The molecule has 2 amide bonds. The lowest BCUT2D eigenvalue weighted by atomic mass is 9.65. The first-order chi connectivity index (χ1) is 19.9. The van der Waals surface area contributed by atoms with Crippen molar-refractivity contribution in [3.8, 4) is 0 Å². The number of carbonyl (C=O) groups is 3. The van der Waals surface area contributed by atoms with Gasteiger partial charge in [0, 0.05) is 25.4 Å². The number of unbranched alkanes of at least 4 members (excludes halogenated alkanes) is 1. The predicted molar refractivity (Wildman–Crippen MR) is 157 cm³/mol. The van der Waals surface area contributed by atoms with E-state index < -0.39 is 35.0 Å². The van der Waals surface area contributed by atoms with Crippen molar-refractivity contribution in [3.05, 3.63) is 67.8 Å². The highest BCUT2D eigenvalue weighted by atomic mass is 16.6. The molecule has 8 heteroatoms. The molecule has 8 nitrogen and oxygen atoms in total. The van der Waals surface area contributed by atoms with Crippen LogP contribution < -0.4 is 4.90 Å². The molecule has 218 valence electrons. The highest BCUT2D eigenvalue weighted by Gasteiger charge is 2.79. The number of aliphatic hydroxyl groups excluding tert-OH is 1. The Morgan fingerprint density at radius 2 is 1.93 bits per heavy atom. The number of hydrogen-bond acceptors (Lipinski definition) is 6. The minimum atomic E-state index is -1.15. The standard InChI is InChI=1S/C33H40N2O6/c1-4-7-10-21-40-31(39)27-26-29(37)35(19-11-20-36)28(33(26)17-16-32(27,6-3)41-33)30(38)34(18-5-2)25-15-14-23-12-8-9-13-24(23)22-25/h4-5,8-9,12-15,22,26-28,36H,1-2,6-7,10-11,16-21H2,3H3/t26-,27-,28?,32+,33?/m0/s1.